The van der Waals surface area contributed by atoms with Crippen LogP contribution in [0.4, 0.5) is 0 Å². The Balaban J connectivity index is 2.12. The summed E-state index contributed by atoms with van der Waals surface area (Å²) >= 11 is 5.71. The van der Waals surface area contributed by atoms with Crippen LogP contribution in [0.5, 0.6) is 0 Å². The summed E-state index contributed by atoms with van der Waals surface area (Å²) in [5.74, 6) is -1.09. The average molecular weight is 196 g/mol. The molecule has 0 N–H and O–H groups in total. The molecule has 1 saturated carbocycles. The zero-order valence-corrected chi connectivity index (χ0v) is 7.62. The molecule has 0 bridgehead atoms. The molecule has 1 fully saturated rings. The second kappa shape index (κ2) is 3.04. The van der Waals surface area contributed by atoms with Crippen LogP contribution in [-0.2, 0) is 4.79 Å². The van der Waals surface area contributed by atoms with Crippen molar-refractivity contribution in [3.05, 3.63) is 34.9 Å². The number of benzene rings is 1. The molecule has 1 aliphatic rings. The first kappa shape index (κ1) is 8.57. The van der Waals surface area contributed by atoms with E-state index >= 15 is 0 Å². The molecule has 0 spiro atoms. The molecule has 1 aromatic carbocycles. The highest BCUT2D eigenvalue weighted by atomic mass is 35.5. The summed E-state index contributed by atoms with van der Waals surface area (Å²) < 4.78 is 0. The SMILES string of the molecule is O=C([O-])[C@@H]1C[C@@H]1c1ccc(Cl)cc1. The molecule has 0 unspecified atom stereocenters. The summed E-state index contributed by atoms with van der Waals surface area (Å²) in [5.41, 5.74) is 1.04. The highest BCUT2D eigenvalue weighted by Gasteiger charge is 2.39. The molecule has 3 heteroatoms. The summed E-state index contributed by atoms with van der Waals surface area (Å²) in [6.07, 6.45) is 0.698. The Labute approximate surface area is 81.1 Å². The van der Waals surface area contributed by atoms with Gasteiger partial charge in [-0.1, -0.05) is 23.7 Å². The van der Waals surface area contributed by atoms with Gasteiger partial charge in [-0.2, -0.15) is 0 Å². The summed E-state index contributed by atoms with van der Waals surface area (Å²) in [5, 5.41) is 11.2. The van der Waals surface area contributed by atoms with Crippen LogP contribution in [0, 0.1) is 5.92 Å². The smallest absolute Gasteiger partial charge is 0.0451 e. The van der Waals surface area contributed by atoms with Gasteiger partial charge in [0.15, 0.2) is 0 Å². The quantitative estimate of drug-likeness (QED) is 0.712. The van der Waals surface area contributed by atoms with Crippen LogP contribution in [0.25, 0.3) is 0 Å². The number of hydrogen-bond donors (Lipinski definition) is 0. The number of rotatable bonds is 2. The van der Waals surface area contributed by atoms with Crippen LogP contribution in [0.3, 0.4) is 0 Å². The van der Waals surface area contributed by atoms with Crippen molar-refractivity contribution in [3.8, 4) is 0 Å². The second-order valence-corrected chi connectivity index (χ2v) is 3.76. The molecular weight excluding hydrogens is 188 g/mol. The lowest BCUT2D eigenvalue weighted by atomic mass is 10.1. The predicted molar refractivity (Wildman–Crippen MR) is 47.3 cm³/mol. The minimum atomic E-state index is -0.944. The van der Waals surface area contributed by atoms with E-state index in [2.05, 4.69) is 0 Å². The van der Waals surface area contributed by atoms with E-state index in [1.54, 1.807) is 12.1 Å². The van der Waals surface area contributed by atoms with Crippen molar-refractivity contribution >= 4 is 17.6 Å². The Bertz CT molecular complexity index is 331. The fourth-order valence-corrected chi connectivity index (χ4v) is 1.66. The van der Waals surface area contributed by atoms with E-state index in [1.807, 2.05) is 12.1 Å². The zero-order valence-electron chi connectivity index (χ0n) is 6.87. The third-order valence-electron chi connectivity index (χ3n) is 2.39. The van der Waals surface area contributed by atoms with Crippen molar-refractivity contribution in [2.75, 3.05) is 0 Å². The second-order valence-electron chi connectivity index (χ2n) is 3.32. The Hall–Kier alpha value is -1.02. The van der Waals surface area contributed by atoms with Gasteiger partial charge in [0.25, 0.3) is 0 Å². The summed E-state index contributed by atoms with van der Waals surface area (Å²) in [6, 6.07) is 7.30. The molecule has 1 aromatic rings. The highest BCUT2D eigenvalue weighted by molar-refractivity contribution is 6.30. The van der Waals surface area contributed by atoms with E-state index in [-0.39, 0.29) is 11.8 Å². The van der Waals surface area contributed by atoms with Crippen molar-refractivity contribution in [1.29, 1.82) is 0 Å². The molecule has 2 nitrogen and oxygen atoms in total. The normalized spacial score (nSPS) is 25.6. The first-order valence-corrected chi connectivity index (χ1v) is 4.52. The number of carbonyl (C=O) groups is 1. The number of hydrogen-bond acceptors (Lipinski definition) is 2. The third kappa shape index (κ3) is 1.68. The van der Waals surface area contributed by atoms with Crippen molar-refractivity contribution < 1.29 is 9.90 Å². The highest BCUT2D eigenvalue weighted by Crippen LogP contribution is 2.47. The first-order chi connectivity index (χ1) is 6.18. The standard InChI is InChI=1S/C10H9ClO2/c11-7-3-1-6(2-4-7)8-5-9(8)10(12)13/h1-4,8-9H,5H2,(H,12,13)/p-1/t8-,9-/m1/s1. The van der Waals surface area contributed by atoms with Crippen LogP contribution in [0.15, 0.2) is 24.3 Å². The Morgan fingerprint density at radius 3 is 2.46 bits per heavy atom. The van der Waals surface area contributed by atoms with Gasteiger partial charge in [-0.3, -0.25) is 0 Å². The van der Waals surface area contributed by atoms with E-state index in [4.69, 9.17) is 11.6 Å². The summed E-state index contributed by atoms with van der Waals surface area (Å²) in [7, 11) is 0. The van der Waals surface area contributed by atoms with Gasteiger partial charge in [-0.05, 0) is 30.0 Å². The van der Waals surface area contributed by atoms with Crippen molar-refractivity contribution in [2.24, 2.45) is 5.92 Å². The van der Waals surface area contributed by atoms with Gasteiger partial charge in [-0.15, -0.1) is 0 Å². The van der Waals surface area contributed by atoms with Gasteiger partial charge in [0, 0.05) is 16.9 Å². The van der Waals surface area contributed by atoms with Crippen LogP contribution in [0.1, 0.15) is 17.9 Å². The Kier molecular flexibility index (Phi) is 2.00. The maximum Gasteiger partial charge on any atom is 0.0451 e. The average Bonchev–Trinajstić information content (AvgIpc) is 2.85. The van der Waals surface area contributed by atoms with Crippen LogP contribution in [-0.4, -0.2) is 5.97 Å². The predicted octanol–water partition coefficient (Wildman–Crippen LogP) is 1.19. The number of halogens is 1. The van der Waals surface area contributed by atoms with Gasteiger partial charge in [0.05, 0.1) is 0 Å². The van der Waals surface area contributed by atoms with Gasteiger partial charge in [-0.25, -0.2) is 0 Å². The first-order valence-electron chi connectivity index (χ1n) is 4.15. The van der Waals surface area contributed by atoms with Gasteiger partial charge in [0.2, 0.25) is 0 Å². The fraction of sp³-hybridized carbons (Fsp3) is 0.300. The van der Waals surface area contributed by atoms with E-state index in [9.17, 15) is 9.90 Å². The van der Waals surface area contributed by atoms with Crippen LogP contribution in [0.2, 0.25) is 5.02 Å². The molecular formula is C10H8ClO2-. The molecule has 0 saturated heterocycles. The van der Waals surface area contributed by atoms with Crippen LogP contribution < -0.4 is 5.11 Å². The third-order valence-corrected chi connectivity index (χ3v) is 2.64. The molecule has 2 atom stereocenters. The zero-order chi connectivity index (χ0) is 9.42. The largest absolute Gasteiger partial charge is 0.550 e. The van der Waals surface area contributed by atoms with E-state index < -0.39 is 5.97 Å². The molecule has 1 aliphatic carbocycles. The van der Waals surface area contributed by atoms with Crippen molar-refractivity contribution in [2.45, 2.75) is 12.3 Å². The molecule has 2 rings (SSSR count). The van der Waals surface area contributed by atoms with Crippen molar-refractivity contribution in [1.82, 2.24) is 0 Å². The molecule has 0 radical (unpaired) electrons. The lowest BCUT2D eigenvalue weighted by molar-refractivity contribution is -0.308. The Morgan fingerprint density at radius 1 is 1.38 bits per heavy atom. The lowest BCUT2D eigenvalue weighted by Gasteiger charge is -2.01. The molecule has 0 aromatic heterocycles. The molecule has 13 heavy (non-hydrogen) atoms. The molecule has 0 aliphatic heterocycles. The molecule has 0 heterocycles. The summed E-state index contributed by atoms with van der Waals surface area (Å²) in [6.45, 7) is 0. The number of aliphatic carboxylic acids is 1. The molecule has 0 amide bonds. The topological polar surface area (TPSA) is 40.1 Å². The monoisotopic (exact) mass is 195 g/mol. The van der Waals surface area contributed by atoms with E-state index in [0.717, 1.165) is 5.56 Å². The van der Waals surface area contributed by atoms with Gasteiger partial charge >= 0.3 is 0 Å². The Morgan fingerprint density at radius 2 is 2.00 bits per heavy atom. The van der Waals surface area contributed by atoms with E-state index in [0.29, 0.717) is 11.4 Å². The number of carbonyl (C=O) groups excluding carboxylic acids is 1. The minimum Gasteiger partial charge on any atom is -0.550 e. The fourth-order valence-electron chi connectivity index (χ4n) is 1.53. The van der Waals surface area contributed by atoms with E-state index in [1.165, 1.54) is 0 Å². The van der Waals surface area contributed by atoms with Crippen LogP contribution >= 0.6 is 11.6 Å². The van der Waals surface area contributed by atoms with Gasteiger partial charge in [0.1, 0.15) is 0 Å². The number of carboxylic acid groups (broad SMARTS) is 1. The molecule has 68 valence electrons. The lowest BCUT2D eigenvalue weighted by Crippen LogP contribution is -2.24. The number of carboxylic acids is 1. The maximum atomic E-state index is 10.5. The summed E-state index contributed by atoms with van der Waals surface area (Å²) in [4.78, 5) is 10.5. The van der Waals surface area contributed by atoms with Gasteiger partial charge < -0.3 is 9.90 Å². The minimum absolute atomic E-state index is 0.141. The van der Waals surface area contributed by atoms with Crippen molar-refractivity contribution in [3.63, 3.8) is 0 Å². The maximum absolute atomic E-state index is 10.5.